The molecule has 1 fully saturated rings. The fourth-order valence-corrected chi connectivity index (χ4v) is 4.23. The highest BCUT2D eigenvalue weighted by atomic mass is 32.2. The average Bonchev–Trinajstić information content (AvgIpc) is 2.83. The van der Waals surface area contributed by atoms with Crippen LogP contribution in [-0.4, -0.2) is 38.8 Å². The van der Waals surface area contributed by atoms with E-state index in [1.807, 2.05) is 0 Å². The Morgan fingerprint density at radius 2 is 2.00 bits per heavy atom. The van der Waals surface area contributed by atoms with Crippen LogP contribution in [0.5, 0.6) is 5.75 Å². The Labute approximate surface area is 128 Å². The molecule has 0 spiro atoms. The lowest BCUT2D eigenvalue weighted by molar-refractivity contribution is -0.122. The van der Waals surface area contributed by atoms with Gasteiger partial charge in [-0.2, -0.15) is 0 Å². The van der Waals surface area contributed by atoms with Crippen molar-refractivity contribution in [1.82, 2.24) is 10.9 Å². The van der Waals surface area contributed by atoms with Gasteiger partial charge in [-0.3, -0.25) is 20.4 Å². The minimum Gasteiger partial charge on any atom is -0.496 e. The highest BCUT2D eigenvalue weighted by molar-refractivity contribution is 7.91. The van der Waals surface area contributed by atoms with Gasteiger partial charge < -0.3 is 4.74 Å². The second-order valence-electron chi connectivity index (χ2n) is 5.18. The zero-order chi connectivity index (χ0) is 16.2. The minimum atomic E-state index is -3.01. The molecule has 22 heavy (non-hydrogen) atoms. The summed E-state index contributed by atoms with van der Waals surface area (Å²) in [6, 6.07) is 6.63. The molecule has 8 heteroatoms. The smallest absolute Gasteiger partial charge is 0.273 e. The summed E-state index contributed by atoms with van der Waals surface area (Å²) in [5.41, 5.74) is 4.90. The van der Waals surface area contributed by atoms with E-state index >= 15 is 0 Å². The molecule has 1 unspecified atom stereocenters. The predicted octanol–water partition coefficient (Wildman–Crippen LogP) is 0.281. The molecule has 1 aromatic carbocycles. The van der Waals surface area contributed by atoms with E-state index in [2.05, 4.69) is 10.9 Å². The number of nitrogens with one attached hydrogen (secondary N) is 2. The number of hydrogen-bond donors (Lipinski definition) is 2. The normalized spacial score (nSPS) is 19.4. The van der Waals surface area contributed by atoms with Crippen LogP contribution in [0, 0.1) is 5.92 Å². The molecule has 2 amide bonds. The van der Waals surface area contributed by atoms with E-state index in [1.165, 1.54) is 7.11 Å². The topological polar surface area (TPSA) is 102 Å². The molecule has 120 valence electrons. The van der Waals surface area contributed by atoms with Crippen molar-refractivity contribution in [1.29, 1.82) is 0 Å². The first-order chi connectivity index (χ1) is 10.4. The number of carbonyl (C=O) groups is 2. The molecule has 0 aromatic heterocycles. The third kappa shape index (κ3) is 4.20. The highest BCUT2D eigenvalue weighted by Gasteiger charge is 2.29. The first-order valence-electron chi connectivity index (χ1n) is 6.84. The number of amides is 2. The van der Waals surface area contributed by atoms with Gasteiger partial charge in [0.15, 0.2) is 9.84 Å². The maximum absolute atomic E-state index is 12.0. The lowest BCUT2D eigenvalue weighted by atomic mass is 10.1. The average molecular weight is 326 g/mol. The lowest BCUT2D eigenvalue weighted by Crippen LogP contribution is -2.42. The van der Waals surface area contributed by atoms with Crippen LogP contribution in [0.1, 0.15) is 23.2 Å². The number of benzene rings is 1. The van der Waals surface area contributed by atoms with Crippen LogP contribution < -0.4 is 15.6 Å². The molecular weight excluding hydrogens is 308 g/mol. The van der Waals surface area contributed by atoms with Gasteiger partial charge >= 0.3 is 0 Å². The standard InChI is InChI=1S/C14H18N2O5S/c1-21-12-5-3-2-4-11(12)14(18)16-15-13(17)8-10-6-7-22(19,20)9-10/h2-5,10H,6-9H2,1H3,(H,15,17)(H,16,18). The van der Waals surface area contributed by atoms with Gasteiger partial charge in [-0.25, -0.2) is 8.42 Å². The summed E-state index contributed by atoms with van der Waals surface area (Å²) in [4.78, 5) is 23.7. The SMILES string of the molecule is COc1ccccc1C(=O)NNC(=O)CC1CCS(=O)(=O)C1. The molecule has 0 radical (unpaired) electrons. The van der Waals surface area contributed by atoms with Crippen LogP contribution in [0.3, 0.4) is 0 Å². The van der Waals surface area contributed by atoms with Crippen LogP contribution in [0.4, 0.5) is 0 Å². The molecule has 1 aromatic rings. The molecule has 1 heterocycles. The van der Waals surface area contributed by atoms with Crippen LogP contribution in [0.2, 0.25) is 0 Å². The molecule has 1 aliphatic rings. The first-order valence-corrected chi connectivity index (χ1v) is 8.66. The fraction of sp³-hybridized carbons (Fsp3) is 0.429. The summed E-state index contributed by atoms with van der Waals surface area (Å²) < 4.78 is 27.7. The Hall–Kier alpha value is -2.09. The number of para-hydroxylation sites is 1. The summed E-state index contributed by atoms with van der Waals surface area (Å²) in [6.07, 6.45) is 0.557. The van der Waals surface area contributed by atoms with Crippen molar-refractivity contribution in [3.63, 3.8) is 0 Å². The van der Waals surface area contributed by atoms with Gasteiger partial charge in [0.2, 0.25) is 5.91 Å². The van der Waals surface area contributed by atoms with Crippen molar-refractivity contribution in [3.05, 3.63) is 29.8 Å². The van der Waals surface area contributed by atoms with Crippen molar-refractivity contribution in [2.24, 2.45) is 5.92 Å². The van der Waals surface area contributed by atoms with Crippen molar-refractivity contribution in [2.45, 2.75) is 12.8 Å². The molecule has 2 rings (SSSR count). The molecule has 1 saturated heterocycles. The van der Waals surface area contributed by atoms with Gasteiger partial charge in [-0.15, -0.1) is 0 Å². The van der Waals surface area contributed by atoms with E-state index in [1.54, 1.807) is 24.3 Å². The third-order valence-electron chi connectivity index (χ3n) is 3.47. The highest BCUT2D eigenvalue weighted by Crippen LogP contribution is 2.21. The largest absolute Gasteiger partial charge is 0.496 e. The second-order valence-corrected chi connectivity index (χ2v) is 7.40. The molecule has 2 N–H and O–H groups in total. The van der Waals surface area contributed by atoms with Gasteiger partial charge in [0.05, 0.1) is 24.2 Å². The van der Waals surface area contributed by atoms with Crippen LogP contribution in [0.25, 0.3) is 0 Å². The van der Waals surface area contributed by atoms with Crippen LogP contribution in [-0.2, 0) is 14.6 Å². The maximum atomic E-state index is 12.0. The summed E-state index contributed by atoms with van der Waals surface area (Å²) in [5.74, 6) is -0.543. The summed E-state index contributed by atoms with van der Waals surface area (Å²) >= 11 is 0. The van der Waals surface area contributed by atoms with Crippen LogP contribution in [0.15, 0.2) is 24.3 Å². The van der Waals surface area contributed by atoms with Gasteiger partial charge in [0.1, 0.15) is 5.75 Å². The van der Waals surface area contributed by atoms with Gasteiger partial charge in [-0.1, -0.05) is 12.1 Å². The van der Waals surface area contributed by atoms with Gasteiger partial charge in [0.25, 0.3) is 5.91 Å². The molecule has 0 saturated carbocycles. The van der Waals surface area contributed by atoms with Crippen molar-refractivity contribution in [3.8, 4) is 5.75 Å². The van der Waals surface area contributed by atoms with Crippen molar-refractivity contribution < 1.29 is 22.7 Å². The third-order valence-corrected chi connectivity index (χ3v) is 5.30. The molecule has 7 nitrogen and oxygen atoms in total. The Bertz CT molecular complexity index is 672. The van der Waals surface area contributed by atoms with E-state index in [4.69, 9.17) is 4.74 Å². The summed E-state index contributed by atoms with van der Waals surface area (Å²) in [6.45, 7) is 0. The van der Waals surface area contributed by atoms with Crippen molar-refractivity contribution >= 4 is 21.7 Å². The van der Waals surface area contributed by atoms with E-state index in [0.29, 0.717) is 17.7 Å². The number of rotatable bonds is 4. The van der Waals surface area contributed by atoms with E-state index in [0.717, 1.165) is 0 Å². The van der Waals surface area contributed by atoms with Gasteiger partial charge in [0, 0.05) is 6.42 Å². The number of methoxy groups -OCH3 is 1. The molecule has 0 bridgehead atoms. The molecule has 0 aliphatic carbocycles. The second kappa shape index (κ2) is 6.78. The number of hydrazine groups is 1. The summed E-state index contributed by atoms with van der Waals surface area (Å²) in [5, 5.41) is 0. The number of hydrogen-bond acceptors (Lipinski definition) is 5. The molecule has 1 aliphatic heterocycles. The zero-order valence-electron chi connectivity index (χ0n) is 12.2. The van der Waals surface area contributed by atoms with E-state index in [-0.39, 0.29) is 23.8 Å². The number of ether oxygens (including phenoxy) is 1. The minimum absolute atomic E-state index is 0.0286. The predicted molar refractivity (Wildman–Crippen MR) is 80.0 cm³/mol. The Morgan fingerprint density at radius 3 is 2.64 bits per heavy atom. The van der Waals surface area contributed by atoms with E-state index < -0.39 is 21.7 Å². The monoisotopic (exact) mass is 326 g/mol. The maximum Gasteiger partial charge on any atom is 0.273 e. The lowest BCUT2D eigenvalue weighted by Gasteiger charge is -2.11. The zero-order valence-corrected chi connectivity index (χ0v) is 13.0. The number of sulfone groups is 1. The summed E-state index contributed by atoms with van der Waals surface area (Å²) in [7, 11) is -1.56. The Morgan fingerprint density at radius 1 is 1.27 bits per heavy atom. The number of carbonyl (C=O) groups excluding carboxylic acids is 2. The quantitative estimate of drug-likeness (QED) is 0.774. The van der Waals surface area contributed by atoms with Gasteiger partial charge in [-0.05, 0) is 24.5 Å². The Balaban J connectivity index is 1.85. The Kier molecular flexibility index (Phi) is 5.02. The van der Waals surface area contributed by atoms with Crippen LogP contribution >= 0.6 is 0 Å². The van der Waals surface area contributed by atoms with E-state index in [9.17, 15) is 18.0 Å². The molecule has 1 atom stereocenters. The first kappa shape index (κ1) is 16.3. The fourth-order valence-electron chi connectivity index (χ4n) is 2.37. The van der Waals surface area contributed by atoms with Crippen molar-refractivity contribution in [2.75, 3.05) is 18.6 Å². The molecular formula is C14H18N2O5S.